The summed E-state index contributed by atoms with van der Waals surface area (Å²) in [7, 11) is 1.67. The van der Waals surface area contributed by atoms with Gasteiger partial charge < -0.3 is 19.9 Å². The van der Waals surface area contributed by atoms with Crippen molar-refractivity contribution in [3.63, 3.8) is 0 Å². The Morgan fingerprint density at radius 2 is 1.90 bits per heavy atom. The van der Waals surface area contributed by atoms with Crippen molar-refractivity contribution in [1.82, 2.24) is 15.2 Å². The first kappa shape index (κ1) is 21.4. The summed E-state index contributed by atoms with van der Waals surface area (Å²) in [6.07, 6.45) is 4.66. The molecule has 2 aliphatic rings. The molecule has 0 radical (unpaired) electrons. The van der Waals surface area contributed by atoms with Crippen LogP contribution in [0.25, 0.3) is 0 Å². The van der Waals surface area contributed by atoms with Gasteiger partial charge in [-0.25, -0.2) is 9.78 Å². The number of carbonyl (C=O) groups excluding carboxylic acids is 2. The summed E-state index contributed by atoms with van der Waals surface area (Å²) < 4.78 is 5.45. The molecule has 0 atom stereocenters. The lowest BCUT2D eigenvalue weighted by Gasteiger charge is -2.36. The Morgan fingerprint density at radius 1 is 1.16 bits per heavy atom. The fourth-order valence-corrected chi connectivity index (χ4v) is 4.89. The highest BCUT2D eigenvalue weighted by Crippen LogP contribution is 2.28. The van der Waals surface area contributed by atoms with Gasteiger partial charge in [0.25, 0.3) is 0 Å². The minimum Gasteiger partial charge on any atom is -0.495 e. The molecule has 9 heteroatoms. The maximum absolute atomic E-state index is 12.7. The zero-order valence-corrected chi connectivity index (χ0v) is 18.6. The van der Waals surface area contributed by atoms with E-state index >= 15 is 0 Å². The summed E-state index contributed by atoms with van der Waals surface area (Å²) in [6, 6.07) is 7.99. The van der Waals surface area contributed by atoms with Gasteiger partial charge in [0.1, 0.15) is 5.75 Å². The fraction of sp³-hybridized carbons (Fsp3) is 0.500. The van der Waals surface area contributed by atoms with Gasteiger partial charge in [-0.05, 0) is 25.0 Å². The molecule has 0 spiro atoms. The van der Waals surface area contributed by atoms with Crippen LogP contribution in [0.2, 0.25) is 0 Å². The molecule has 1 aliphatic heterocycles. The Hall–Kier alpha value is -2.81. The molecule has 1 aliphatic carbocycles. The lowest BCUT2D eigenvalue weighted by Crippen LogP contribution is -2.49. The third-order valence-corrected chi connectivity index (χ3v) is 6.66. The number of rotatable bonds is 6. The van der Waals surface area contributed by atoms with Gasteiger partial charge in [-0.2, -0.15) is 0 Å². The van der Waals surface area contributed by atoms with Crippen LogP contribution in [0.15, 0.2) is 29.6 Å². The Labute approximate surface area is 186 Å². The monoisotopic (exact) mass is 443 g/mol. The largest absolute Gasteiger partial charge is 0.495 e. The Bertz CT molecular complexity index is 904. The number of para-hydroxylation sites is 2. The molecule has 1 aromatic carbocycles. The number of ether oxygens (including phenoxy) is 1. The van der Waals surface area contributed by atoms with E-state index in [2.05, 4.69) is 20.5 Å². The third-order valence-electron chi connectivity index (χ3n) is 5.85. The van der Waals surface area contributed by atoms with E-state index in [1.54, 1.807) is 7.11 Å². The van der Waals surface area contributed by atoms with E-state index in [-0.39, 0.29) is 24.4 Å². The molecule has 2 aromatic rings. The smallest absolute Gasteiger partial charge is 0.321 e. The summed E-state index contributed by atoms with van der Waals surface area (Å²) >= 11 is 1.35. The van der Waals surface area contributed by atoms with Gasteiger partial charge in [0.2, 0.25) is 5.91 Å². The number of hydrogen-bond acceptors (Lipinski definition) is 6. The van der Waals surface area contributed by atoms with Crippen molar-refractivity contribution in [2.45, 2.75) is 38.1 Å². The van der Waals surface area contributed by atoms with Crippen molar-refractivity contribution >= 4 is 34.1 Å². The summed E-state index contributed by atoms with van der Waals surface area (Å²) in [5.41, 5.74) is 1.75. The number of nitrogens with zero attached hydrogens (tertiary/aromatic N) is 3. The third kappa shape index (κ3) is 5.46. The fourth-order valence-electron chi connectivity index (χ4n) is 4.19. The van der Waals surface area contributed by atoms with E-state index in [0.717, 1.165) is 37.4 Å². The SMILES string of the molecule is COc1ccccc1N1CCN(C(=O)Cc2csc(NC(=O)NC3CCCC3)n2)CC1. The Balaban J connectivity index is 1.25. The van der Waals surface area contributed by atoms with Crippen molar-refractivity contribution in [2.24, 2.45) is 0 Å². The van der Waals surface area contributed by atoms with E-state index in [9.17, 15) is 9.59 Å². The zero-order chi connectivity index (χ0) is 21.6. The van der Waals surface area contributed by atoms with Crippen LogP contribution in [-0.2, 0) is 11.2 Å². The van der Waals surface area contributed by atoms with Gasteiger partial charge in [0.15, 0.2) is 5.13 Å². The highest BCUT2D eigenvalue weighted by atomic mass is 32.1. The van der Waals surface area contributed by atoms with E-state index < -0.39 is 0 Å². The number of urea groups is 1. The number of benzene rings is 1. The number of thiazole rings is 1. The number of piperazine rings is 1. The molecule has 1 saturated carbocycles. The molecule has 2 N–H and O–H groups in total. The molecule has 8 nitrogen and oxygen atoms in total. The van der Waals surface area contributed by atoms with Crippen molar-refractivity contribution in [3.05, 3.63) is 35.3 Å². The van der Waals surface area contributed by atoms with Crippen LogP contribution in [0.4, 0.5) is 15.6 Å². The predicted molar refractivity (Wildman–Crippen MR) is 122 cm³/mol. The van der Waals surface area contributed by atoms with Gasteiger partial charge in [-0.15, -0.1) is 11.3 Å². The van der Waals surface area contributed by atoms with Crippen LogP contribution in [0.1, 0.15) is 31.4 Å². The molecule has 1 aromatic heterocycles. The van der Waals surface area contributed by atoms with Gasteiger partial charge in [-0.3, -0.25) is 10.1 Å². The van der Waals surface area contributed by atoms with Gasteiger partial charge in [-0.1, -0.05) is 25.0 Å². The maximum atomic E-state index is 12.7. The molecule has 2 heterocycles. The molecule has 0 unspecified atom stereocenters. The Morgan fingerprint density at radius 3 is 2.65 bits per heavy atom. The first-order chi connectivity index (χ1) is 15.1. The van der Waals surface area contributed by atoms with Crippen LogP contribution < -0.4 is 20.3 Å². The second-order valence-corrected chi connectivity index (χ2v) is 8.80. The molecule has 31 heavy (non-hydrogen) atoms. The summed E-state index contributed by atoms with van der Waals surface area (Å²) in [5, 5.41) is 8.14. The van der Waals surface area contributed by atoms with Crippen molar-refractivity contribution in [2.75, 3.05) is 43.5 Å². The normalized spacial score (nSPS) is 16.9. The van der Waals surface area contributed by atoms with E-state index in [0.29, 0.717) is 23.9 Å². The first-order valence-corrected chi connectivity index (χ1v) is 11.7. The maximum Gasteiger partial charge on any atom is 0.321 e. The van der Waals surface area contributed by atoms with Crippen LogP contribution in [0.5, 0.6) is 5.75 Å². The Kier molecular flexibility index (Phi) is 6.91. The summed E-state index contributed by atoms with van der Waals surface area (Å²) in [5.74, 6) is 0.911. The number of hydrogen-bond donors (Lipinski definition) is 2. The topological polar surface area (TPSA) is 86.8 Å². The molecule has 0 bridgehead atoms. The highest BCUT2D eigenvalue weighted by molar-refractivity contribution is 7.13. The number of methoxy groups -OCH3 is 1. The average Bonchev–Trinajstić information content (AvgIpc) is 3.46. The van der Waals surface area contributed by atoms with Gasteiger partial charge >= 0.3 is 6.03 Å². The van der Waals surface area contributed by atoms with Crippen molar-refractivity contribution in [3.8, 4) is 5.75 Å². The molecule has 4 rings (SSSR count). The minimum atomic E-state index is -0.216. The second-order valence-electron chi connectivity index (χ2n) is 7.94. The van der Waals surface area contributed by atoms with Crippen LogP contribution in [0, 0.1) is 0 Å². The molecular weight excluding hydrogens is 414 g/mol. The number of aromatic nitrogens is 1. The molecule has 1 saturated heterocycles. The van der Waals surface area contributed by atoms with E-state index in [1.807, 2.05) is 34.5 Å². The lowest BCUT2D eigenvalue weighted by atomic mass is 10.2. The van der Waals surface area contributed by atoms with Crippen LogP contribution in [-0.4, -0.2) is 61.2 Å². The van der Waals surface area contributed by atoms with Crippen LogP contribution in [0.3, 0.4) is 0 Å². The summed E-state index contributed by atoms with van der Waals surface area (Å²) in [6.45, 7) is 2.85. The first-order valence-electron chi connectivity index (χ1n) is 10.8. The number of anilines is 2. The zero-order valence-electron chi connectivity index (χ0n) is 17.8. The minimum absolute atomic E-state index is 0.0620. The van der Waals surface area contributed by atoms with Crippen LogP contribution >= 0.6 is 11.3 Å². The number of nitrogens with one attached hydrogen (secondary N) is 2. The predicted octanol–water partition coefficient (Wildman–Crippen LogP) is 3.11. The second kappa shape index (κ2) is 10.00. The number of carbonyl (C=O) groups is 2. The molecular formula is C22H29N5O3S. The standard InChI is InChI=1S/C22H29N5O3S/c1-30-19-9-5-4-8-18(19)26-10-12-27(13-11-26)20(28)14-17-15-31-22(24-17)25-21(29)23-16-6-2-3-7-16/h4-5,8-9,15-16H,2-3,6-7,10-14H2,1H3,(H2,23,24,25,29). The quantitative estimate of drug-likeness (QED) is 0.716. The molecule has 166 valence electrons. The lowest BCUT2D eigenvalue weighted by molar-refractivity contribution is -0.130. The average molecular weight is 444 g/mol. The molecule has 2 fully saturated rings. The highest BCUT2D eigenvalue weighted by Gasteiger charge is 2.24. The van der Waals surface area contributed by atoms with E-state index in [1.165, 1.54) is 24.2 Å². The van der Waals surface area contributed by atoms with Crippen molar-refractivity contribution in [1.29, 1.82) is 0 Å². The van der Waals surface area contributed by atoms with Crippen molar-refractivity contribution < 1.29 is 14.3 Å². The number of amides is 3. The van der Waals surface area contributed by atoms with Gasteiger partial charge in [0, 0.05) is 37.6 Å². The summed E-state index contributed by atoms with van der Waals surface area (Å²) in [4.78, 5) is 33.4. The molecule has 3 amide bonds. The van der Waals surface area contributed by atoms with Gasteiger partial charge in [0.05, 0.1) is 24.9 Å². The van der Waals surface area contributed by atoms with E-state index in [4.69, 9.17) is 4.74 Å².